The number of nitrogens with two attached hydrogens (primary N) is 2. The van der Waals surface area contributed by atoms with Crippen LogP contribution in [0.2, 0.25) is 0 Å². The molecule has 0 fully saturated rings. The highest BCUT2D eigenvalue weighted by Crippen LogP contribution is 2.26. The number of pyridine rings is 1. The van der Waals surface area contributed by atoms with Crippen LogP contribution in [-0.4, -0.2) is 40.8 Å². The molecule has 10 nitrogen and oxygen atoms in total. The van der Waals surface area contributed by atoms with Crippen LogP contribution in [0.25, 0.3) is 0 Å². The first kappa shape index (κ1) is 28.8. The molecule has 12 heteroatoms. The Morgan fingerprint density at radius 3 is 2.53 bits per heavy atom. The molecule has 32 heavy (non-hydrogen) atoms. The van der Waals surface area contributed by atoms with Gasteiger partial charge in [-0.2, -0.15) is 0 Å². The van der Waals surface area contributed by atoms with Gasteiger partial charge in [-0.25, -0.2) is 4.99 Å². The number of carbonyl (C=O) groups excluding carboxylic acids is 2. The van der Waals surface area contributed by atoms with E-state index in [2.05, 4.69) is 15.3 Å². The highest BCUT2D eigenvalue weighted by Gasteiger charge is 2.22. The van der Waals surface area contributed by atoms with Crippen molar-refractivity contribution in [3.8, 4) is 11.5 Å². The fourth-order valence-corrected chi connectivity index (χ4v) is 2.67. The van der Waals surface area contributed by atoms with Gasteiger partial charge >= 0.3 is 5.97 Å². The minimum Gasteiger partial charge on any atom is -0.507 e. The summed E-state index contributed by atoms with van der Waals surface area (Å²) >= 11 is 0. The second-order valence-electron chi connectivity index (χ2n) is 6.27. The van der Waals surface area contributed by atoms with Gasteiger partial charge in [0.15, 0.2) is 12.2 Å². The number of aromatic hydroxyl groups is 1. The van der Waals surface area contributed by atoms with Crippen LogP contribution >= 0.6 is 24.8 Å². The van der Waals surface area contributed by atoms with Crippen molar-refractivity contribution in [1.29, 1.82) is 0 Å². The highest BCUT2D eigenvalue weighted by molar-refractivity contribution is 5.97. The lowest BCUT2D eigenvalue weighted by atomic mass is 10.0. The molecule has 0 aliphatic carbocycles. The fraction of sp³-hybridized carbons (Fsp3) is 0.300. The van der Waals surface area contributed by atoms with E-state index in [0.717, 1.165) is 0 Å². The Labute approximate surface area is 198 Å². The number of phenols is 1. The topological polar surface area (TPSA) is 162 Å². The molecule has 0 aliphatic heterocycles. The zero-order chi connectivity index (χ0) is 22.1. The largest absolute Gasteiger partial charge is 0.507 e. The lowest BCUT2D eigenvalue weighted by Gasteiger charge is -2.19. The van der Waals surface area contributed by atoms with Gasteiger partial charge in [-0.05, 0) is 37.6 Å². The summed E-state index contributed by atoms with van der Waals surface area (Å²) in [4.78, 5) is 32.5. The molecule has 0 radical (unpaired) electrons. The van der Waals surface area contributed by atoms with Crippen LogP contribution in [0.5, 0.6) is 11.5 Å². The van der Waals surface area contributed by atoms with Crippen molar-refractivity contribution in [3.63, 3.8) is 0 Å². The van der Waals surface area contributed by atoms with Gasteiger partial charge in [0, 0.05) is 18.5 Å². The summed E-state index contributed by atoms with van der Waals surface area (Å²) in [6, 6.07) is 6.92. The van der Waals surface area contributed by atoms with Crippen molar-refractivity contribution in [3.05, 3.63) is 53.9 Å². The monoisotopic (exact) mass is 487 g/mol. The Hall–Kier alpha value is -3.24. The molecule has 176 valence electrons. The van der Waals surface area contributed by atoms with Crippen molar-refractivity contribution in [2.45, 2.75) is 32.5 Å². The summed E-state index contributed by atoms with van der Waals surface area (Å²) in [6.07, 6.45) is 2.38. The third-order valence-electron chi connectivity index (χ3n) is 3.92. The van der Waals surface area contributed by atoms with Gasteiger partial charge in [-0.1, -0.05) is 6.07 Å². The number of carbonyl (C=O) groups is 2. The zero-order valence-electron chi connectivity index (χ0n) is 17.6. The van der Waals surface area contributed by atoms with Crippen LogP contribution in [0, 0.1) is 0 Å². The first-order valence-electron chi connectivity index (χ1n) is 9.25. The number of aliphatic imine (C=N–C) groups is 1. The average Bonchev–Trinajstić information content (AvgIpc) is 2.67. The number of ether oxygens (including phenoxy) is 2. The molecule has 2 aromatic rings. The number of amides is 1. The molecule has 6 N–H and O–H groups in total. The highest BCUT2D eigenvalue weighted by atomic mass is 35.5. The normalized spacial score (nSPS) is 11.6. The Bertz CT molecular complexity index is 911. The molecule has 2 rings (SSSR count). The predicted molar refractivity (Wildman–Crippen MR) is 124 cm³/mol. The maximum absolute atomic E-state index is 12.7. The van der Waals surface area contributed by atoms with E-state index < -0.39 is 24.1 Å². The standard InChI is InChI=1S/C20H25N5O5.2ClH/c1-3-29-18(27)10-16(13-5-4-8-23-11-13)25-19(28)15-7-6-14(9-17(15)26)30-12(2)24-20(21)22;;/h4-9,11-12,16,26H,3,10H2,1-2H3,(H,25,28)(H4,21,22,24);2*1H. The predicted octanol–water partition coefficient (Wildman–Crippen LogP) is 2.05. The number of phenolic OH excluding ortho intramolecular Hbond substituents is 1. The number of aromatic nitrogens is 1. The number of esters is 1. The molecule has 0 saturated carbocycles. The van der Waals surface area contributed by atoms with E-state index in [-0.39, 0.29) is 60.9 Å². The first-order valence-corrected chi connectivity index (χ1v) is 9.25. The van der Waals surface area contributed by atoms with Crippen molar-refractivity contribution in [1.82, 2.24) is 10.3 Å². The van der Waals surface area contributed by atoms with E-state index in [1.54, 1.807) is 38.4 Å². The van der Waals surface area contributed by atoms with Crippen LogP contribution in [0.3, 0.4) is 0 Å². The average molecular weight is 488 g/mol. The molecule has 0 aliphatic rings. The minimum absolute atomic E-state index is 0. The van der Waals surface area contributed by atoms with Gasteiger partial charge < -0.3 is 31.4 Å². The quantitative estimate of drug-likeness (QED) is 0.237. The molecule has 0 saturated heterocycles. The van der Waals surface area contributed by atoms with Gasteiger partial charge in [-0.3, -0.25) is 14.6 Å². The summed E-state index contributed by atoms with van der Waals surface area (Å²) in [5, 5.41) is 13.0. The molecule has 1 amide bonds. The molecular formula is C20H27Cl2N5O5. The number of hydrogen-bond donors (Lipinski definition) is 4. The Morgan fingerprint density at radius 2 is 1.97 bits per heavy atom. The smallest absolute Gasteiger partial charge is 0.308 e. The second kappa shape index (κ2) is 13.9. The van der Waals surface area contributed by atoms with Crippen LogP contribution in [0.1, 0.15) is 42.2 Å². The molecule has 1 aromatic carbocycles. The van der Waals surface area contributed by atoms with E-state index in [4.69, 9.17) is 20.9 Å². The third-order valence-corrected chi connectivity index (χ3v) is 3.92. The lowest BCUT2D eigenvalue weighted by Crippen LogP contribution is -2.30. The molecule has 0 bridgehead atoms. The molecule has 1 aromatic heterocycles. The number of rotatable bonds is 9. The van der Waals surface area contributed by atoms with E-state index in [1.807, 2.05) is 0 Å². The zero-order valence-corrected chi connectivity index (χ0v) is 19.2. The number of hydrogen-bond acceptors (Lipinski definition) is 7. The summed E-state index contributed by atoms with van der Waals surface area (Å²) in [5.74, 6) is -1.20. The Balaban J connectivity index is 0.00000480. The maximum Gasteiger partial charge on any atom is 0.308 e. The minimum atomic E-state index is -0.678. The van der Waals surface area contributed by atoms with Crippen LogP contribution in [0.4, 0.5) is 0 Å². The molecular weight excluding hydrogens is 461 g/mol. The SMILES string of the molecule is CCOC(=O)CC(NC(=O)c1ccc(OC(C)N=C(N)N)cc1O)c1cccnc1.Cl.Cl. The van der Waals surface area contributed by atoms with E-state index in [0.29, 0.717) is 5.56 Å². The number of nitrogens with zero attached hydrogens (tertiary/aromatic N) is 2. The fourth-order valence-electron chi connectivity index (χ4n) is 2.67. The molecule has 0 spiro atoms. The summed E-state index contributed by atoms with van der Waals surface area (Å²) < 4.78 is 10.4. The lowest BCUT2D eigenvalue weighted by molar-refractivity contribution is -0.143. The summed E-state index contributed by atoms with van der Waals surface area (Å²) in [6.45, 7) is 3.55. The van der Waals surface area contributed by atoms with E-state index >= 15 is 0 Å². The van der Waals surface area contributed by atoms with Gasteiger partial charge in [0.1, 0.15) is 11.5 Å². The number of halogens is 2. The van der Waals surface area contributed by atoms with Gasteiger partial charge in [0.2, 0.25) is 0 Å². The molecule has 1 heterocycles. The number of nitrogens with one attached hydrogen (secondary N) is 1. The van der Waals surface area contributed by atoms with Crippen molar-refractivity contribution in [2.24, 2.45) is 16.5 Å². The Morgan fingerprint density at radius 1 is 1.25 bits per heavy atom. The summed E-state index contributed by atoms with van der Waals surface area (Å²) in [7, 11) is 0. The van der Waals surface area contributed by atoms with Crippen molar-refractivity contribution >= 4 is 42.7 Å². The molecule has 2 atom stereocenters. The van der Waals surface area contributed by atoms with Crippen LogP contribution in [-0.2, 0) is 9.53 Å². The van der Waals surface area contributed by atoms with Gasteiger partial charge in [-0.15, -0.1) is 24.8 Å². The van der Waals surface area contributed by atoms with E-state index in [9.17, 15) is 14.7 Å². The third kappa shape index (κ3) is 8.86. The van der Waals surface area contributed by atoms with Gasteiger partial charge in [0.05, 0.1) is 24.6 Å². The van der Waals surface area contributed by atoms with E-state index in [1.165, 1.54) is 18.2 Å². The van der Waals surface area contributed by atoms with Crippen LogP contribution < -0.4 is 21.5 Å². The first-order chi connectivity index (χ1) is 14.3. The number of guanidine groups is 1. The Kier molecular flexibility index (Phi) is 12.5. The maximum atomic E-state index is 12.7. The van der Waals surface area contributed by atoms with Crippen molar-refractivity contribution < 1.29 is 24.2 Å². The van der Waals surface area contributed by atoms with Crippen molar-refractivity contribution in [2.75, 3.05) is 6.61 Å². The summed E-state index contributed by atoms with van der Waals surface area (Å²) in [5.41, 5.74) is 11.2. The van der Waals surface area contributed by atoms with Gasteiger partial charge in [0.25, 0.3) is 5.91 Å². The number of benzene rings is 1. The molecule has 2 unspecified atom stereocenters. The van der Waals surface area contributed by atoms with Crippen LogP contribution in [0.15, 0.2) is 47.7 Å². The second-order valence-corrected chi connectivity index (χ2v) is 6.27.